The lowest BCUT2D eigenvalue weighted by molar-refractivity contribution is -0.152. The summed E-state index contributed by atoms with van der Waals surface area (Å²) < 4.78 is 11.6. The molecule has 2 bridgehead atoms. The molecule has 160 valence electrons. The summed E-state index contributed by atoms with van der Waals surface area (Å²) in [6, 6.07) is 5.43. The van der Waals surface area contributed by atoms with Crippen molar-refractivity contribution in [2.75, 3.05) is 11.5 Å². The van der Waals surface area contributed by atoms with E-state index in [1.165, 1.54) is 36.8 Å². The predicted octanol–water partition coefficient (Wildman–Crippen LogP) is 5.46. The van der Waals surface area contributed by atoms with E-state index in [4.69, 9.17) is 9.15 Å². The van der Waals surface area contributed by atoms with Crippen LogP contribution >= 0.6 is 23.5 Å². The zero-order valence-electron chi connectivity index (χ0n) is 17.6. The van der Waals surface area contributed by atoms with Crippen LogP contribution in [0.3, 0.4) is 0 Å². The number of fused-ring (bicyclic) bond motifs is 1. The lowest BCUT2D eigenvalue weighted by Crippen LogP contribution is -2.48. The Morgan fingerprint density at radius 1 is 1.17 bits per heavy atom. The van der Waals surface area contributed by atoms with Gasteiger partial charge in [0.25, 0.3) is 0 Å². The summed E-state index contributed by atoms with van der Waals surface area (Å²) in [5.74, 6) is 3.62. The van der Waals surface area contributed by atoms with Gasteiger partial charge in [0.1, 0.15) is 12.2 Å². The van der Waals surface area contributed by atoms with Crippen molar-refractivity contribution < 1.29 is 13.9 Å². The smallest absolute Gasteiger partial charge is 0.336 e. The molecule has 1 spiro atoms. The number of carbonyl (C=O) groups is 1. The highest BCUT2D eigenvalue weighted by Crippen LogP contribution is 2.64. The Kier molecular flexibility index (Phi) is 5.42. The third kappa shape index (κ3) is 3.40. The Bertz CT molecular complexity index is 1020. The lowest BCUT2D eigenvalue weighted by Gasteiger charge is -2.51. The van der Waals surface area contributed by atoms with Crippen LogP contribution in [-0.4, -0.2) is 21.6 Å². The van der Waals surface area contributed by atoms with Gasteiger partial charge in [-0.1, -0.05) is 18.6 Å². The molecule has 2 heterocycles. The second-order valence-corrected chi connectivity index (χ2v) is 12.0. The van der Waals surface area contributed by atoms with Crippen LogP contribution in [0.4, 0.5) is 0 Å². The molecule has 2 aliphatic carbocycles. The third-order valence-electron chi connectivity index (χ3n) is 7.34. The highest BCUT2D eigenvalue weighted by Gasteiger charge is 2.55. The van der Waals surface area contributed by atoms with Crippen LogP contribution in [0.15, 0.2) is 27.4 Å². The van der Waals surface area contributed by atoms with Gasteiger partial charge in [-0.25, -0.2) is 4.79 Å². The van der Waals surface area contributed by atoms with Crippen molar-refractivity contribution in [3.8, 4) is 0 Å². The number of esters is 1. The van der Waals surface area contributed by atoms with Crippen LogP contribution in [0.25, 0.3) is 11.0 Å². The van der Waals surface area contributed by atoms with Crippen LogP contribution in [-0.2, 0) is 16.1 Å². The average Bonchev–Trinajstić information content (AvgIpc) is 3.18. The predicted molar refractivity (Wildman–Crippen MR) is 123 cm³/mol. The van der Waals surface area contributed by atoms with Crippen molar-refractivity contribution in [3.05, 3.63) is 45.3 Å². The van der Waals surface area contributed by atoms with Crippen LogP contribution < -0.4 is 5.63 Å². The highest BCUT2D eigenvalue weighted by atomic mass is 32.2. The molecule has 3 aliphatic rings. The fourth-order valence-electron chi connectivity index (χ4n) is 5.71. The van der Waals surface area contributed by atoms with Gasteiger partial charge in [-0.2, -0.15) is 0 Å². The fourth-order valence-corrected chi connectivity index (χ4v) is 9.65. The largest absolute Gasteiger partial charge is 0.461 e. The monoisotopic (exact) mass is 444 g/mol. The van der Waals surface area contributed by atoms with Crippen molar-refractivity contribution in [1.29, 1.82) is 0 Å². The molecule has 0 radical (unpaired) electrons. The van der Waals surface area contributed by atoms with Gasteiger partial charge in [0.05, 0.1) is 10.00 Å². The first-order valence-corrected chi connectivity index (χ1v) is 12.9. The topological polar surface area (TPSA) is 56.5 Å². The Morgan fingerprint density at radius 2 is 1.87 bits per heavy atom. The molecular weight excluding hydrogens is 416 g/mol. The van der Waals surface area contributed by atoms with Crippen molar-refractivity contribution in [3.63, 3.8) is 0 Å². The Morgan fingerprint density at radius 3 is 2.57 bits per heavy atom. The molecule has 30 heavy (non-hydrogen) atoms. The molecule has 4 nitrogen and oxygen atoms in total. The van der Waals surface area contributed by atoms with E-state index >= 15 is 0 Å². The maximum atomic E-state index is 13.0. The second kappa shape index (κ2) is 7.94. The summed E-state index contributed by atoms with van der Waals surface area (Å²) in [6.45, 7) is 4.07. The zero-order valence-corrected chi connectivity index (χ0v) is 19.2. The molecular formula is C24H28O4S2. The van der Waals surface area contributed by atoms with E-state index < -0.39 is 5.63 Å². The van der Waals surface area contributed by atoms with Gasteiger partial charge in [-0.15, -0.1) is 23.5 Å². The molecule has 2 atom stereocenters. The number of hydrogen-bond donors (Lipinski definition) is 0. The molecule has 2 unspecified atom stereocenters. The SMILES string of the molecule is Cc1ccc2c(COC(=O)C3CC4CCCC(C3)C43SCCS3)cc(=O)oc2c1C. The van der Waals surface area contributed by atoms with E-state index in [0.29, 0.717) is 21.5 Å². The normalized spacial score (nSPS) is 27.5. The molecule has 0 amide bonds. The number of hydrogen-bond acceptors (Lipinski definition) is 6. The van der Waals surface area contributed by atoms with Gasteiger partial charge < -0.3 is 9.15 Å². The molecule has 6 heteroatoms. The fraction of sp³-hybridized carbons (Fsp3) is 0.583. The Balaban J connectivity index is 1.33. The molecule has 3 fully saturated rings. The number of ether oxygens (including phenoxy) is 1. The minimum absolute atomic E-state index is 0.0110. The zero-order chi connectivity index (χ0) is 20.9. The lowest BCUT2D eigenvalue weighted by atomic mass is 9.67. The Labute approximate surface area is 185 Å². The Hall–Kier alpha value is -1.40. The van der Waals surface area contributed by atoms with E-state index in [-0.39, 0.29) is 18.5 Å². The van der Waals surface area contributed by atoms with Crippen LogP contribution in [0.1, 0.15) is 48.8 Å². The number of aryl methyl sites for hydroxylation is 2. The van der Waals surface area contributed by atoms with Gasteiger partial charge in [-0.3, -0.25) is 4.79 Å². The molecule has 1 aromatic carbocycles. The molecule has 1 aliphatic heterocycles. The van der Waals surface area contributed by atoms with Crippen LogP contribution in [0.5, 0.6) is 0 Å². The van der Waals surface area contributed by atoms with Gasteiger partial charge in [0.2, 0.25) is 0 Å². The summed E-state index contributed by atoms with van der Waals surface area (Å²) in [6.07, 6.45) is 5.67. The van der Waals surface area contributed by atoms with Crippen molar-refractivity contribution in [2.45, 2.75) is 56.6 Å². The average molecular weight is 445 g/mol. The summed E-state index contributed by atoms with van der Waals surface area (Å²) in [5, 5.41) is 0.851. The van der Waals surface area contributed by atoms with Crippen LogP contribution in [0.2, 0.25) is 0 Å². The third-order valence-corrected chi connectivity index (χ3v) is 11.4. The molecule has 1 saturated heterocycles. The van der Waals surface area contributed by atoms with E-state index in [9.17, 15) is 9.59 Å². The van der Waals surface area contributed by atoms with E-state index in [2.05, 4.69) is 23.5 Å². The molecule has 5 rings (SSSR count). The van der Waals surface area contributed by atoms with Gasteiger partial charge in [-0.05, 0) is 62.5 Å². The maximum Gasteiger partial charge on any atom is 0.336 e. The van der Waals surface area contributed by atoms with E-state index in [1.54, 1.807) is 0 Å². The number of benzene rings is 1. The highest BCUT2D eigenvalue weighted by molar-refractivity contribution is 8.21. The minimum atomic E-state index is -0.397. The summed E-state index contributed by atoms with van der Waals surface area (Å²) >= 11 is 4.31. The number of carbonyl (C=O) groups excluding carboxylic acids is 1. The van der Waals surface area contributed by atoms with Gasteiger partial charge >= 0.3 is 11.6 Å². The maximum absolute atomic E-state index is 13.0. The first kappa shape index (κ1) is 20.5. The standard InChI is InChI=1S/C24H28O4S2/c1-14-6-7-20-17(12-21(25)28-22(20)15(14)2)13-27-23(26)16-10-18-4-3-5-19(11-16)24(18)29-8-9-30-24/h6-7,12,16,18-19H,3-5,8-11,13H2,1-2H3. The summed E-state index contributed by atoms with van der Waals surface area (Å²) in [4.78, 5) is 25.1. The number of thioether (sulfide) groups is 2. The van der Waals surface area contributed by atoms with Gasteiger partial charge in [0.15, 0.2) is 0 Å². The first-order valence-electron chi connectivity index (χ1n) is 11.0. The minimum Gasteiger partial charge on any atom is -0.461 e. The first-order chi connectivity index (χ1) is 14.5. The van der Waals surface area contributed by atoms with E-state index in [1.807, 2.05) is 26.0 Å². The van der Waals surface area contributed by atoms with Crippen LogP contribution in [0, 0.1) is 31.6 Å². The summed E-state index contributed by atoms with van der Waals surface area (Å²) in [5.41, 5.74) is 2.96. The van der Waals surface area contributed by atoms with Crippen molar-refractivity contribution >= 4 is 40.5 Å². The van der Waals surface area contributed by atoms with Gasteiger partial charge in [0, 0.05) is 28.5 Å². The van der Waals surface area contributed by atoms with Crippen molar-refractivity contribution in [2.24, 2.45) is 17.8 Å². The molecule has 2 aromatic rings. The molecule has 2 saturated carbocycles. The summed E-state index contributed by atoms with van der Waals surface area (Å²) in [7, 11) is 0. The molecule has 0 N–H and O–H groups in total. The second-order valence-electron chi connectivity index (χ2n) is 8.99. The number of rotatable bonds is 3. The quantitative estimate of drug-likeness (QED) is 0.463. The van der Waals surface area contributed by atoms with Crippen molar-refractivity contribution in [1.82, 2.24) is 0 Å². The van der Waals surface area contributed by atoms with E-state index in [0.717, 1.165) is 34.9 Å². The molecule has 1 aromatic heterocycles.